The van der Waals surface area contributed by atoms with Crippen LogP contribution in [0.3, 0.4) is 0 Å². The van der Waals surface area contributed by atoms with Crippen molar-refractivity contribution in [2.45, 2.75) is 18.9 Å². The van der Waals surface area contributed by atoms with E-state index in [1.54, 1.807) is 24.0 Å². The standard InChI is InChI=1S/C12H14N2O4/c1-12(16)7-13(8-12)11(15)6-9-2-4-10(5-3-9)14(17)18/h2-5,16H,6-8H2,1H3. The fourth-order valence-electron chi connectivity index (χ4n) is 1.97. The molecule has 1 fully saturated rings. The van der Waals surface area contributed by atoms with Gasteiger partial charge in [-0.25, -0.2) is 0 Å². The smallest absolute Gasteiger partial charge is 0.269 e. The molecule has 0 unspecified atom stereocenters. The number of non-ortho nitro benzene ring substituents is 1. The lowest BCUT2D eigenvalue weighted by atomic mass is 9.96. The van der Waals surface area contributed by atoms with Crippen LogP contribution in [0.25, 0.3) is 0 Å². The van der Waals surface area contributed by atoms with E-state index in [1.807, 2.05) is 0 Å². The van der Waals surface area contributed by atoms with Gasteiger partial charge in [0.1, 0.15) is 0 Å². The van der Waals surface area contributed by atoms with E-state index >= 15 is 0 Å². The number of benzene rings is 1. The Labute approximate surface area is 104 Å². The average Bonchev–Trinajstić information content (AvgIpc) is 2.26. The summed E-state index contributed by atoms with van der Waals surface area (Å²) in [6.45, 7) is 2.38. The molecule has 6 nitrogen and oxygen atoms in total. The van der Waals surface area contributed by atoms with Crippen molar-refractivity contribution in [3.63, 3.8) is 0 Å². The van der Waals surface area contributed by atoms with Crippen molar-refractivity contribution in [3.05, 3.63) is 39.9 Å². The predicted octanol–water partition coefficient (Wildman–Crippen LogP) is 0.730. The van der Waals surface area contributed by atoms with E-state index in [2.05, 4.69) is 0 Å². The lowest BCUT2D eigenvalue weighted by Gasteiger charge is -2.44. The Hall–Kier alpha value is -1.95. The largest absolute Gasteiger partial charge is 0.386 e. The first-order valence-electron chi connectivity index (χ1n) is 5.61. The van der Waals surface area contributed by atoms with E-state index in [9.17, 15) is 20.0 Å². The topological polar surface area (TPSA) is 83.7 Å². The average molecular weight is 250 g/mol. The van der Waals surface area contributed by atoms with Crippen molar-refractivity contribution in [1.29, 1.82) is 0 Å². The Morgan fingerprint density at radius 3 is 2.44 bits per heavy atom. The molecule has 1 aromatic rings. The second-order valence-corrected chi connectivity index (χ2v) is 4.85. The van der Waals surface area contributed by atoms with Crippen LogP contribution in [0.1, 0.15) is 12.5 Å². The van der Waals surface area contributed by atoms with Gasteiger partial charge in [-0.05, 0) is 12.5 Å². The number of nitrogens with zero attached hydrogens (tertiary/aromatic N) is 2. The second kappa shape index (κ2) is 4.38. The molecule has 0 atom stereocenters. The van der Waals surface area contributed by atoms with Crippen LogP contribution < -0.4 is 0 Å². The SMILES string of the molecule is CC1(O)CN(C(=O)Cc2ccc([N+](=O)[O-])cc2)C1. The van der Waals surface area contributed by atoms with Gasteiger partial charge in [0.25, 0.3) is 5.69 Å². The Balaban J connectivity index is 1.94. The number of amides is 1. The fraction of sp³-hybridized carbons (Fsp3) is 0.417. The number of nitro groups is 1. The molecule has 6 heteroatoms. The van der Waals surface area contributed by atoms with Gasteiger partial charge in [0, 0.05) is 12.1 Å². The van der Waals surface area contributed by atoms with Gasteiger partial charge >= 0.3 is 0 Å². The first-order chi connectivity index (χ1) is 8.37. The molecule has 1 saturated heterocycles. The number of hydrogen-bond acceptors (Lipinski definition) is 4. The molecular formula is C12H14N2O4. The van der Waals surface area contributed by atoms with Gasteiger partial charge in [0.2, 0.25) is 5.91 Å². The monoisotopic (exact) mass is 250 g/mol. The third-order valence-corrected chi connectivity index (χ3v) is 2.92. The van der Waals surface area contributed by atoms with Crippen LogP contribution in [0.5, 0.6) is 0 Å². The van der Waals surface area contributed by atoms with Crippen molar-refractivity contribution in [2.24, 2.45) is 0 Å². The van der Waals surface area contributed by atoms with E-state index < -0.39 is 10.5 Å². The Morgan fingerprint density at radius 1 is 1.44 bits per heavy atom. The molecule has 0 radical (unpaired) electrons. The van der Waals surface area contributed by atoms with Crippen LogP contribution in [0.15, 0.2) is 24.3 Å². The molecule has 2 rings (SSSR count). The molecule has 0 saturated carbocycles. The highest BCUT2D eigenvalue weighted by molar-refractivity contribution is 5.80. The van der Waals surface area contributed by atoms with Crippen LogP contribution in [0.2, 0.25) is 0 Å². The molecule has 1 N–H and O–H groups in total. The highest BCUT2D eigenvalue weighted by atomic mass is 16.6. The van der Waals surface area contributed by atoms with Gasteiger partial charge in [-0.15, -0.1) is 0 Å². The zero-order valence-electron chi connectivity index (χ0n) is 10.00. The maximum atomic E-state index is 11.8. The van der Waals surface area contributed by atoms with Crippen LogP contribution in [-0.2, 0) is 11.2 Å². The minimum atomic E-state index is -0.773. The number of rotatable bonds is 3. The summed E-state index contributed by atoms with van der Waals surface area (Å²) in [5.41, 5.74) is -0.0271. The molecule has 0 spiro atoms. The summed E-state index contributed by atoms with van der Waals surface area (Å²) < 4.78 is 0. The van der Waals surface area contributed by atoms with Gasteiger partial charge in [0.05, 0.1) is 30.0 Å². The Bertz CT molecular complexity index is 473. The number of carbonyl (C=O) groups excluding carboxylic acids is 1. The highest BCUT2D eigenvalue weighted by Crippen LogP contribution is 2.21. The third kappa shape index (κ3) is 2.65. The molecular weight excluding hydrogens is 236 g/mol. The van der Waals surface area contributed by atoms with E-state index in [-0.39, 0.29) is 18.0 Å². The number of aliphatic hydroxyl groups is 1. The summed E-state index contributed by atoms with van der Waals surface area (Å²) in [5.74, 6) is -0.0737. The van der Waals surface area contributed by atoms with Crippen molar-refractivity contribution in [2.75, 3.05) is 13.1 Å². The van der Waals surface area contributed by atoms with Crippen LogP contribution >= 0.6 is 0 Å². The minimum absolute atomic E-state index is 0.0121. The normalized spacial score (nSPS) is 17.1. The lowest BCUT2D eigenvalue weighted by Crippen LogP contribution is -2.62. The van der Waals surface area contributed by atoms with Crippen LogP contribution in [0.4, 0.5) is 5.69 Å². The number of likely N-dealkylation sites (tertiary alicyclic amines) is 1. The Kier molecular flexibility index (Phi) is 3.04. The van der Waals surface area contributed by atoms with Gasteiger partial charge in [0.15, 0.2) is 0 Å². The first kappa shape index (κ1) is 12.5. The maximum Gasteiger partial charge on any atom is 0.269 e. The van der Waals surface area contributed by atoms with Gasteiger partial charge in [-0.2, -0.15) is 0 Å². The molecule has 18 heavy (non-hydrogen) atoms. The first-order valence-corrected chi connectivity index (χ1v) is 5.61. The van der Waals surface area contributed by atoms with Crippen molar-refractivity contribution >= 4 is 11.6 Å². The Morgan fingerprint density at radius 2 is 2.00 bits per heavy atom. The summed E-state index contributed by atoms with van der Waals surface area (Å²) in [6, 6.07) is 5.92. The number of carbonyl (C=O) groups is 1. The van der Waals surface area contributed by atoms with Crippen LogP contribution in [0, 0.1) is 10.1 Å². The summed E-state index contributed by atoms with van der Waals surface area (Å²) in [4.78, 5) is 23.4. The van der Waals surface area contributed by atoms with Crippen LogP contribution in [-0.4, -0.2) is 39.5 Å². The van der Waals surface area contributed by atoms with Crippen molar-refractivity contribution < 1.29 is 14.8 Å². The minimum Gasteiger partial charge on any atom is -0.386 e. The summed E-state index contributed by atoms with van der Waals surface area (Å²) >= 11 is 0. The molecule has 0 bridgehead atoms. The number of nitro benzene ring substituents is 1. The zero-order chi connectivity index (χ0) is 13.3. The van der Waals surface area contributed by atoms with Crippen molar-refractivity contribution in [3.8, 4) is 0 Å². The summed E-state index contributed by atoms with van der Waals surface area (Å²) in [7, 11) is 0. The molecule has 96 valence electrons. The molecule has 0 aliphatic carbocycles. The summed E-state index contributed by atoms with van der Waals surface area (Å²) in [5, 5.41) is 20.0. The van der Waals surface area contributed by atoms with Gasteiger partial charge in [-0.3, -0.25) is 14.9 Å². The second-order valence-electron chi connectivity index (χ2n) is 4.85. The van der Waals surface area contributed by atoms with Gasteiger partial charge in [-0.1, -0.05) is 12.1 Å². The van der Waals surface area contributed by atoms with E-state index in [0.717, 1.165) is 5.56 Å². The molecule has 1 amide bonds. The quantitative estimate of drug-likeness (QED) is 0.633. The maximum absolute atomic E-state index is 11.8. The molecule has 1 heterocycles. The lowest BCUT2D eigenvalue weighted by molar-refractivity contribution is -0.384. The van der Waals surface area contributed by atoms with Crippen molar-refractivity contribution in [1.82, 2.24) is 4.90 Å². The van der Waals surface area contributed by atoms with Gasteiger partial charge < -0.3 is 10.0 Å². The van der Waals surface area contributed by atoms with E-state index in [1.165, 1.54) is 12.1 Å². The molecule has 1 aliphatic heterocycles. The molecule has 1 aromatic carbocycles. The zero-order valence-corrected chi connectivity index (χ0v) is 10.00. The predicted molar refractivity (Wildman–Crippen MR) is 64.0 cm³/mol. The van der Waals surface area contributed by atoms with E-state index in [4.69, 9.17) is 0 Å². The fourth-order valence-corrected chi connectivity index (χ4v) is 1.97. The number of hydrogen-bond donors (Lipinski definition) is 1. The third-order valence-electron chi connectivity index (χ3n) is 2.92. The molecule has 0 aromatic heterocycles. The highest BCUT2D eigenvalue weighted by Gasteiger charge is 2.38. The number of β-amino-alcohol motifs (C(OH)–C–C–N with tert-alkyl or cyclic N) is 1. The summed E-state index contributed by atoms with van der Waals surface area (Å²) in [6.07, 6.45) is 0.202. The molecule has 1 aliphatic rings. The van der Waals surface area contributed by atoms with E-state index in [0.29, 0.717) is 13.1 Å².